The molecule has 0 aromatic heterocycles. The van der Waals surface area contributed by atoms with Crippen LogP contribution in [0.1, 0.15) is 38.9 Å². The van der Waals surface area contributed by atoms with E-state index in [1.165, 1.54) is 0 Å². The molecule has 2 unspecified atom stereocenters. The van der Waals surface area contributed by atoms with Crippen LogP contribution in [0.3, 0.4) is 0 Å². The summed E-state index contributed by atoms with van der Waals surface area (Å²) in [5, 5.41) is 0. The van der Waals surface area contributed by atoms with Gasteiger partial charge in [-0.25, -0.2) is 4.79 Å². The summed E-state index contributed by atoms with van der Waals surface area (Å²) in [6.07, 6.45) is 0.635. The highest BCUT2D eigenvalue weighted by Crippen LogP contribution is 2.37. The van der Waals surface area contributed by atoms with E-state index < -0.39 is 21.8 Å². The predicted octanol–water partition coefficient (Wildman–Crippen LogP) is 3.72. The van der Waals surface area contributed by atoms with Crippen LogP contribution in [0.4, 0.5) is 4.79 Å². The zero-order valence-electron chi connectivity index (χ0n) is 14.9. The van der Waals surface area contributed by atoms with Crippen molar-refractivity contribution in [1.29, 1.82) is 0 Å². The number of rotatable bonds is 4. The molecule has 6 nitrogen and oxygen atoms in total. The molecule has 1 aromatic carbocycles. The summed E-state index contributed by atoms with van der Waals surface area (Å²) in [6.45, 7) is 6.34. The highest BCUT2D eigenvalue weighted by molar-refractivity contribution is 9.10. The average Bonchev–Trinajstić information content (AvgIpc) is 2.92. The van der Waals surface area contributed by atoms with Gasteiger partial charge in [0.05, 0.1) is 6.26 Å². The molecule has 1 fully saturated rings. The summed E-state index contributed by atoms with van der Waals surface area (Å²) in [5.74, 6) is -0.138. The fourth-order valence-electron chi connectivity index (χ4n) is 2.81. The second kappa shape index (κ2) is 7.63. The Labute approximate surface area is 157 Å². The van der Waals surface area contributed by atoms with Crippen LogP contribution in [-0.4, -0.2) is 44.4 Å². The van der Waals surface area contributed by atoms with Gasteiger partial charge >= 0.3 is 6.09 Å². The van der Waals surface area contributed by atoms with Gasteiger partial charge in [-0.15, -0.1) is 0 Å². The van der Waals surface area contributed by atoms with Crippen LogP contribution >= 0.6 is 15.9 Å². The van der Waals surface area contributed by atoms with E-state index in [-0.39, 0.29) is 12.0 Å². The number of ether oxygens (including phenoxy) is 1. The van der Waals surface area contributed by atoms with Gasteiger partial charge in [0.2, 0.25) is 0 Å². The Hall–Kier alpha value is -1.12. The van der Waals surface area contributed by atoms with Crippen molar-refractivity contribution >= 4 is 32.1 Å². The third-order valence-electron chi connectivity index (χ3n) is 3.79. The van der Waals surface area contributed by atoms with Crippen molar-refractivity contribution < 1.29 is 22.1 Å². The summed E-state index contributed by atoms with van der Waals surface area (Å²) < 4.78 is 35.0. The molecule has 0 spiro atoms. The van der Waals surface area contributed by atoms with Crippen LogP contribution in [0.15, 0.2) is 28.7 Å². The van der Waals surface area contributed by atoms with Gasteiger partial charge in [-0.2, -0.15) is 8.42 Å². The first-order valence-corrected chi connectivity index (χ1v) is 10.7. The van der Waals surface area contributed by atoms with E-state index in [1.807, 2.05) is 45.0 Å². The fraction of sp³-hybridized carbons (Fsp3) is 0.588. The number of hydrogen-bond donors (Lipinski definition) is 0. The second-order valence-electron chi connectivity index (χ2n) is 7.22. The molecule has 25 heavy (non-hydrogen) atoms. The number of carbonyl (C=O) groups is 1. The van der Waals surface area contributed by atoms with Crippen LogP contribution in [-0.2, 0) is 19.0 Å². The topological polar surface area (TPSA) is 72.9 Å². The molecule has 1 heterocycles. The third-order valence-corrected chi connectivity index (χ3v) is 5.07. The third kappa shape index (κ3) is 5.97. The smallest absolute Gasteiger partial charge is 0.410 e. The molecular formula is C17H24BrNO5S. The van der Waals surface area contributed by atoms with E-state index in [0.717, 1.165) is 16.3 Å². The number of amides is 1. The minimum atomic E-state index is -3.65. The lowest BCUT2D eigenvalue weighted by molar-refractivity contribution is 0.0275. The van der Waals surface area contributed by atoms with Crippen molar-refractivity contribution in [2.24, 2.45) is 5.92 Å². The Kier molecular flexibility index (Phi) is 6.17. The summed E-state index contributed by atoms with van der Waals surface area (Å²) >= 11 is 3.46. The van der Waals surface area contributed by atoms with Gasteiger partial charge in [-0.05, 0) is 38.8 Å². The minimum Gasteiger partial charge on any atom is -0.444 e. The first-order chi connectivity index (χ1) is 11.5. The Morgan fingerprint density at radius 1 is 1.32 bits per heavy atom. The molecule has 0 aliphatic carbocycles. The first kappa shape index (κ1) is 20.2. The maximum absolute atomic E-state index is 12.3. The van der Waals surface area contributed by atoms with E-state index in [1.54, 1.807) is 4.90 Å². The van der Waals surface area contributed by atoms with Crippen molar-refractivity contribution in [3.63, 3.8) is 0 Å². The number of hydrogen-bond acceptors (Lipinski definition) is 5. The van der Waals surface area contributed by atoms with Gasteiger partial charge in [0, 0.05) is 23.5 Å². The molecule has 1 amide bonds. The molecule has 8 heteroatoms. The molecule has 2 atom stereocenters. The zero-order chi connectivity index (χ0) is 18.8. The average molecular weight is 434 g/mol. The normalized spacial score (nSPS) is 19.7. The molecule has 2 rings (SSSR count). The molecule has 1 saturated heterocycles. The number of halogens is 1. The van der Waals surface area contributed by atoms with Gasteiger partial charge < -0.3 is 9.64 Å². The first-order valence-electron chi connectivity index (χ1n) is 8.07. The van der Waals surface area contributed by atoms with E-state index in [4.69, 9.17) is 8.92 Å². The van der Waals surface area contributed by atoms with Crippen molar-refractivity contribution in [3.05, 3.63) is 34.3 Å². The lowest BCUT2D eigenvalue weighted by Gasteiger charge is -2.26. The SMILES string of the molecule is CC(C)(C)OC(=O)N1CCC(C(OS(C)(=O)=O)c2ccccc2Br)C1. The molecule has 0 N–H and O–H groups in total. The van der Waals surface area contributed by atoms with Crippen molar-refractivity contribution in [1.82, 2.24) is 4.90 Å². The molecule has 0 saturated carbocycles. The van der Waals surface area contributed by atoms with Gasteiger partial charge in [-0.1, -0.05) is 34.1 Å². The Morgan fingerprint density at radius 3 is 2.52 bits per heavy atom. The van der Waals surface area contributed by atoms with E-state index in [9.17, 15) is 13.2 Å². The van der Waals surface area contributed by atoms with Gasteiger partial charge in [0.15, 0.2) is 0 Å². The number of benzene rings is 1. The Balaban J connectivity index is 2.20. The van der Waals surface area contributed by atoms with Gasteiger partial charge in [0.1, 0.15) is 11.7 Å². The van der Waals surface area contributed by atoms with Gasteiger partial charge in [-0.3, -0.25) is 4.18 Å². The van der Waals surface area contributed by atoms with Gasteiger partial charge in [0.25, 0.3) is 10.1 Å². The van der Waals surface area contributed by atoms with Crippen molar-refractivity contribution in [3.8, 4) is 0 Å². The van der Waals surface area contributed by atoms with E-state index in [0.29, 0.717) is 19.5 Å². The Bertz CT molecular complexity index is 729. The molecular weight excluding hydrogens is 410 g/mol. The lowest BCUT2D eigenvalue weighted by Crippen LogP contribution is -2.36. The summed E-state index contributed by atoms with van der Waals surface area (Å²) in [4.78, 5) is 13.9. The van der Waals surface area contributed by atoms with E-state index in [2.05, 4.69) is 15.9 Å². The van der Waals surface area contributed by atoms with Crippen molar-refractivity contribution in [2.75, 3.05) is 19.3 Å². The lowest BCUT2D eigenvalue weighted by atomic mass is 9.95. The summed E-state index contributed by atoms with van der Waals surface area (Å²) in [6, 6.07) is 7.36. The standard InChI is InChI=1S/C17H24BrNO5S/c1-17(2,3)23-16(20)19-10-9-12(11-19)15(24-25(4,21)22)13-7-5-6-8-14(13)18/h5-8,12,15H,9-11H2,1-4H3. The van der Waals surface area contributed by atoms with Crippen LogP contribution in [0.5, 0.6) is 0 Å². The maximum Gasteiger partial charge on any atom is 0.410 e. The monoisotopic (exact) mass is 433 g/mol. The maximum atomic E-state index is 12.3. The van der Waals surface area contributed by atoms with E-state index >= 15 is 0 Å². The van der Waals surface area contributed by atoms with Crippen LogP contribution in [0.2, 0.25) is 0 Å². The molecule has 140 valence electrons. The van der Waals surface area contributed by atoms with Crippen LogP contribution in [0.25, 0.3) is 0 Å². The molecule has 0 radical (unpaired) electrons. The summed E-state index contributed by atoms with van der Waals surface area (Å²) in [7, 11) is -3.65. The van der Waals surface area contributed by atoms with Crippen LogP contribution in [0, 0.1) is 5.92 Å². The fourth-order valence-corrected chi connectivity index (χ4v) is 3.95. The second-order valence-corrected chi connectivity index (χ2v) is 9.67. The van der Waals surface area contributed by atoms with Crippen LogP contribution < -0.4 is 0 Å². The molecule has 0 bridgehead atoms. The van der Waals surface area contributed by atoms with Crippen molar-refractivity contribution in [2.45, 2.75) is 38.9 Å². The number of nitrogens with zero attached hydrogens (tertiary/aromatic N) is 1. The largest absolute Gasteiger partial charge is 0.444 e. The zero-order valence-corrected chi connectivity index (χ0v) is 17.3. The molecule has 1 aromatic rings. The number of likely N-dealkylation sites (tertiary alicyclic amines) is 1. The molecule has 1 aliphatic rings. The highest BCUT2D eigenvalue weighted by Gasteiger charge is 2.37. The Morgan fingerprint density at radius 2 is 1.96 bits per heavy atom. The summed E-state index contributed by atoms with van der Waals surface area (Å²) in [5.41, 5.74) is 0.185. The number of carbonyl (C=O) groups excluding carboxylic acids is 1. The molecule has 1 aliphatic heterocycles. The minimum absolute atomic E-state index is 0.138. The highest BCUT2D eigenvalue weighted by atomic mass is 79.9. The quantitative estimate of drug-likeness (QED) is 0.676. The predicted molar refractivity (Wildman–Crippen MR) is 98.7 cm³/mol.